The lowest BCUT2D eigenvalue weighted by Crippen LogP contribution is -2.31. The van der Waals surface area contributed by atoms with Crippen LogP contribution in [0.3, 0.4) is 0 Å². The van der Waals surface area contributed by atoms with Gasteiger partial charge in [-0.3, -0.25) is 4.68 Å². The van der Waals surface area contributed by atoms with Crippen LogP contribution in [-0.4, -0.2) is 22.9 Å². The van der Waals surface area contributed by atoms with E-state index in [4.69, 9.17) is 0 Å². The molecule has 1 N–H and O–H groups in total. The van der Waals surface area contributed by atoms with Gasteiger partial charge in [-0.2, -0.15) is 5.10 Å². The number of aryl methyl sites for hydroxylation is 2. The van der Waals surface area contributed by atoms with Crippen LogP contribution in [0.5, 0.6) is 0 Å². The summed E-state index contributed by atoms with van der Waals surface area (Å²) in [6, 6.07) is 0.585. The molecule has 3 atom stereocenters. The second-order valence-electron chi connectivity index (χ2n) is 5.16. The summed E-state index contributed by atoms with van der Waals surface area (Å²) in [6.07, 6.45) is 3.41. The number of nitrogens with zero attached hydrogens (tertiary/aromatic N) is 2. The van der Waals surface area contributed by atoms with Crippen LogP contribution in [0.4, 0.5) is 0 Å². The van der Waals surface area contributed by atoms with E-state index in [0.717, 1.165) is 24.7 Å². The molecule has 1 heterocycles. The zero-order valence-corrected chi connectivity index (χ0v) is 12.7. The third kappa shape index (κ3) is 2.58. The number of nitrogens with one attached hydrogen (secondary N) is 1. The summed E-state index contributed by atoms with van der Waals surface area (Å²) in [5.41, 5.74) is 2.49. The zero-order valence-electron chi connectivity index (χ0n) is 11.1. The van der Waals surface area contributed by atoms with E-state index in [0.29, 0.717) is 6.04 Å². The third-order valence-electron chi connectivity index (χ3n) is 3.98. The molecule has 0 aromatic carbocycles. The largest absolute Gasteiger partial charge is 0.316 e. The first-order valence-electron chi connectivity index (χ1n) is 6.46. The summed E-state index contributed by atoms with van der Waals surface area (Å²) in [5.74, 6) is 1.72. The topological polar surface area (TPSA) is 29.9 Å². The molecule has 1 saturated carbocycles. The lowest BCUT2D eigenvalue weighted by atomic mass is 10.0. The summed E-state index contributed by atoms with van der Waals surface area (Å²) in [6.45, 7) is 4.49. The Morgan fingerprint density at radius 1 is 1.59 bits per heavy atom. The highest BCUT2D eigenvalue weighted by Crippen LogP contribution is 2.41. The molecule has 0 radical (unpaired) electrons. The number of aromatic nitrogens is 2. The highest BCUT2D eigenvalue weighted by molar-refractivity contribution is 9.10. The molecule has 1 aromatic heterocycles. The average molecular weight is 300 g/mol. The molecule has 4 heteroatoms. The second kappa shape index (κ2) is 5.11. The summed E-state index contributed by atoms with van der Waals surface area (Å²) in [7, 11) is 4.11. The Morgan fingerprint density at radius 3 is 2.65 bits per heavy atom. The molecule has 2 rings (SSSR count). The normalized spacial score (nSPS) is 25.0. The Hall–Kier alpha value is -0.350. The maximum Gasteiger partial charge on any atom is 0.0766 e. The van der Waals surface area contributed by atoms with E-state index >= 15 is 0 Å². The molecule has 1 fully saturated rings. The van der Waals surface area contributed by atoms with Crippen molar-refractivity contribution in [2.45, 2.75) is 39.2 Å². The minimum Gasteiger partial charge on any atom is -0.316 e. The van der Waals surface area contributed by atoms with Gasteiger partial charge in [-0.05, 0) is 47.7 Å². The molecule has 0 aliphatic heterocycles. The van der Waals surface area contributed by atoms with Gasteiger partial charge in [0.25, 0.3) is 0 Å². The lowest BCUT2D eigenvalue weighted by Gasteiger charge is -2.16. The lowest BCUT2D eigenvalue weighted by molar-refractivity contribution is 0.465. The van der Waals surface area contributed by atoms with Gasteiger partial charge in [0.2, 0.25) is 0 Å². The molecular formula is C13H22BrN3. The van der Waals surface area contributed by atoms with Gasteiger partial charge in [0.1, 0.15) is 0 Å². The molecule has 96 valence electrons. The Labute approximate surface area is 112 Å². The van der Waals surface area contributed by atoms with Crippen LogP contribution >= 0.6 is 15.9 Å². The number of halogens is 1. The number of hydrogen-bond acceptors (Lipinski definition) is 2. The van der Waals surface area contributed by atoms with E-state index in [1.807, 2.05) is 11.7 Å². The monoisotopic (exact) mass is 299 g/mol. The van der Waals surface area contributed by atoms with E-state index < -0.39 is 0 Å². The van der Waals surface area contributed by atoms with E-state index in [1.54, 1.807) is 0 Å². The molecule has 0 amide bonds. The van der Waals surface area contributed by atoms with Crippen LogP contribution in [-0.2, 0) is 19.9 Å². The SMILES string of the molecule is CCc1nn(C)c(CC(NC)C2CC2C)c1Br. The fraction of sp³-hybridized carbons (Fsp3) is 0.769. The fourth-order valence-corrected chi connectivity index (χ4v) is 3.41. The Morgan fingerprint density at radius 2 is 2.24 bits per heavy atom. The van der Waals surface area contributed by atoms with Crippen molar-refractivity contribution in [2.24, 2.45) is 18.9 Å². The van der Waals surface area contributed by atoms with E-state index in [9.17, 15) is 0 Å². The van der Waals surface area contributed by atoms with Crippen molar-refractivity contribution in [3.05, 3.63) is 15.9 Å². The van der Waals surface area contributed by atoms with Crippen molar-refractivity contribution in [1.29, 1.82) is 0 Å². The van der Waals surface area contributed by atoms with Crippen LogP contribution in [0.2, 0.25) is 0 Å². The van der Waals surface area contributed by atoms with Crippen molar-refractivity contribution in [2.75, 3.05) is 7.05 Å². The van der Waals surface area contributed by atoms with Crippen LogP contribution in [0.15, 0.2) is 4.47 Å². The molecule has 1 aromatic rings. The first-order chi connectivity index (χ1) is 8.08. The summed E-state index contributed by atoms with van der Waals surface area (Å²) >= 11 is 3.69. The summed E-state index contributed by atoms with van der Waals surface area (Å²) < 4.78 is 3.23. The quantitative estimate of drug-likeness (QED) is 0.905. The second-order valence-corrected chi connectivity index (χ2v) is 5.95. The average Bonchev–Trinajstić information content (AvgIpc) is 2.96. The van der Waals surface area contributed by atoms with Gasteiger partial charge in [-0.15, -0.1) is 0 Å². The van der Waals surface area contributed by atoms with E-state index in [-0.39, 0.29) is 0 Å². The zero-order chi connectivity index (χ0) is 12.6. The first-order valence-corrected chi connectivity index (χ1v) is 7.25. The minimum atomic E-state index is 0.585. The molecule has 1 aliphatic carbocycles. The standard InChI is InChI=1S/C13H22BrN3/c1-5-10-13(14)12(17(4)16-10)7-11(15-3)9-6-8(9)2/h8-9,11,15H,5-7H2,1-4H3. The highest BCUT2D eigenvalue weighted by atomic mass is 79.9. The highest BCUT2D eigenvalue weighted by Gasteiger charge is 2.39. The van der Waals surface area contributed by atoms with Gasteiger partial charge in [-0.1, -0.05) is 13.8 Å². The smallest absolute Gasteiger partial charge is 0.0766 e. The minimum absolute atomic E-state index is 0.585. The van der Waals surface area contributed by atoms with Gasteiger partial charge in [0.15, 0.2) is 0 Å². The third-order valence-corrected chi connectivity index (χ3v) is 4.89. The molecule has 0 saturated heterocycles. The van der Waals surface area contributed by atoms with Gasteiger partial charge in [0, 0.05) is 19.5 Å². The fourth-order valence-electron chi connectivity index (χ4n) is 2.63. The number of hydrogen-bond donors (Lipinski definition) is 1. The number of rotatable bonds is 5. The molecule has 1 aliphatic rings. The van der Waals surface area contributed by atoms with Crippen LogP contribution in [0.1, 0.15) is 31.7 Å². The van der Waals surface area contributed by atoms with Gasteiger partial charge in [0.05, 0.1) is 15.9 Å². The van der Waals surface area contributed by atoms with E-state index in [1.165, 1.54) is 22.3 Å². The molecule has 0 bridgehead atoms. The maximum absolute atomic E-state index is 4.56. The first kappa shape index (κ1) is 13.1. The Bertz CT molecular complexity index is 400. The van der Waals surface area contributed by atoms with Crippen LogP contribution in [0, 0.1) is 11.8 Å². The van der Waals surface area contributed by atoms with Gasteiger partial charge in [-0.25, -0.2) is 0 Å². The summed E-state index contributed by atoms with van der Waals surface area (Å²) in [5, 5.41) is 8.02. The Balaban J connectivity index is 2.14. The molecule has 3 nitrogen and oxygen atoms in total. The summed E-state index contributed by atoms with van der Waals surface area (Å²) in [4.78, 5) is 0. The maximum atomic E-state index is 4.56. The van der Waals surface area contributed by atoms with Crippen molar-refractivity contribution >= 4 is 15.9 Å². The molecule has 17 heavy (non-hydrogen) atoms. The van der Waals surface area contributed by atoms with Crippen molar-refractivity contribution < 1.29 is 0 Å². The van der Waals surface area contributed by atoms with E-state index in [2.05, 4.69) is 47.2 Å². The van der Waals surface area contributed by atoms with Crippen LogP contribution < -0.4 is 5.32 Å². The van der Waals surface area contributed by atoms with Crippen molar-refractivity contribution in [3.63, 3.8) is 0 Å². The van der Waals surface area contributed by atoms with Gasteiger partial charge >= 0.3 is 0 Å². The molecular weight excluding hydrogens is 278 g/mol. The van der Waals surface area contributed by atoms with Crippen molar-refractivity contribution in [3.8, 4) is 0 Å². The predicted octanol–water partition coefficient (Wildman–Crippen LogP) is 2.53. The Kier molecular flexibility index (Phi) is 3.93. The van der Waals surface area contributed by atoms with Crippen molar-refractivity contribution in [1.82, 2.24) is 15.1 Å². The van der Waals surface area contributed by atoms with Crippen LogP contribution in [0.25, 0.3) is 0 Å². The predicted molar refractivity (Wildman–Crippen MR) is 74.1 cm³/mol. The molecule has 0 spiro atoms. The number of likely N-dealkylation sites (N-methyl/N-ethyl adjacent to an activating group) is 1. The van der Waals surface area contributed by atoms with Gasteiger partial charge < -0.3 is 5.32 Å². The molecule has 3 unspecified atom stereocenters.